The zero-order valence-corrected chi connectivity index (χ0v) is 16.6. The van der Waals surface area contributed by atoms with Crippen molar-refractivity contribution >= 4 is 16.9 Å². The Labute approximate surface area is 169 Å². The Balaban J connectivity index is 1.36. The highest BCUT2D eigenvalue weighted by molar-refractivity contribution is 5.88. The number of hydrogen-bond acceptors (Lipinski definition) is 4. The maximum absolute atomic E-state index is 13.1. The quantitative estimate of drug-likeness (QED) is 0.657. The highest BCUT2D eigenvalue weighted by Gasteiger charge is 2.21. The van der Waals surface area contributed by atoms with Crippen LogP contribution in [0.5, 0.6) is 5.75 Å². The van der Waals surface area contributed by atoms with Gasteiger partial charge in [-0.05, 0) is 36.2 Å². The molecule has 1 fully saturated rings. The predicted molar refractivity (Wildman–Crippen MR) is 109 cm³/mol. The third kappa shape index (κ3) is 4.59. The molecule has 1 aliphatic rings. The summed E-state index contributed by atoms with van der Waals surface area (Å²) in [5.74, 6) is 0.636. The second kappa shape index (κ2) is 8.66. The third-order valence-corrected chi connectivity index (χ3v) is 5.47. The number of carbonyl (C=O) groups is 1. The van der Waals surface area contributed by atoms with Gasteiger partial charge in [0, 0.05) is 49.7 Å². The van der Waals surface area contributed by atoms with Crippen molar-refractivity contribution in [2.45, 2.75) is 19.4 Å². The topological polar surface area (TPSA) is 45.9 Å². The zero-order valence-electron chi connectivity index (χ0n) is 16.6. The van der Waals surface area contributed by atoms with E-state index in [-0.39, 0.29) is 11.7 Å². The van der Waals surface area contributed by atoms with Gasteiger partial charge >= 0.3 is 0 Å². The van der Waals surface area contributed by atoms with Gasteiger partial charge in [0.2, 0.25) is 5.91 Å². The van der Waals surface area contributed by atoms with Crippen molar-refractivity contribution in [3.8, 4) is 5.75 Å². The van der Waals surface area contributed by atoms with E-state index in [0.29, 0.717) is 13.0 Å². The maximum atomic E-state index is 13.1. The summed E-state index contributed by atoms with van der Waals surface area (Å²) in [5, 5.41) is 0.951. The number of amides is 1. The molecule has 0 radical (unpaired) electrons. The second-order valence-electron chi connectivity index (χ2n) is 7.44. The lowest BCUT2D eigenvalue weighted by Crippen LogP contribution is -2.36. The summed E-state index contributed by atoms with van der Waals surface area (Å²) in [7, 11) is 1.62. The number of rotatable bonds is 5. The summed E-state index contributed by atoms with van der Waals surface area (Å²) in [5.41, 5.74) is 2.72. The van der Waals surface area contributed by atoms with Gasteiger partial charge in [-0.15, -0.1) is 0 Å². The van der Waals surface area contributed by atoms with Gasteiger partial charge in [0.25, 0.3) is 0 Å². The Bertz CT molecular complexity index is 983. The fourth-order valence-electron chi connectivity index (χ4n) is 3.83. The molecule has 0 bridgehead atoms. The summed E-state index contributed by atoms with van der Waals surface area (Å²) in [6.45, 7) is 3.96. The molecule has 1 aliphatic heterocycles. The Kier molecular flexibility index (Phi) is 5.81. The molecule has 4 rings (SSSR count). The lowest BCUT2D eigenvalue weighted by atomic mass is 10.1. The van der Waals surface area contributed by atoms with Crippen LogP contribution in [0.4, 0.5) is 4.39 Å². The number of nitrogens with zero attached hydrogens (tertiary/aromatic N) is 2. The minimum absolute atomic E-state index is 0.118. The van der Waals surface area contributed by atoms with E-state index in [0.717, 1.165) is 60.4 Å². The summed E-state index contributed by atoms with van der Waals surface area (Å²) in [6, 6.07) is 12.3. The molecule has 0 spiro atoms. The number of hydrogen-bond donors (Lipinski definition) is 0. The first-order valence-electron chi connectivity index (χ1n) is 9.91. The van der Waals surface area contributed by atoms with Crippen molar-refractivity contribution in [2.75, 3.05) is 33.3 Å². The molecule has 0 aliphatic carbocycles. The first-order valence-corrected chi connectivity index (χ1v) is 9.91. The van der Waals surface area contributed by atoms with Crippen molar-refractivity contribution in [3.05, 3.63) is 65.7 Å². The van der Waals surface area contributed by atoms with Crippen LogP contribution in [0, 0.1) is 5.82 Å². The molecule has 29 heavy (non-hydrogen) atoms. The number of ether oxygens (including phenoxy) is 1. The van der Waals surface area contributed by atoms with E-state index in [1.54, 1.807) is 13.4 Å². The number of furan rings is 1. The van der Waals surface area contributed by atoms with Crippen LogP contribution in [-0.4, -0.2) is 49.0 Å². The predicted octanol–water partition coefficient (Wildman–Crippen LogP) is 3.86. The van der Waals surface area contributed by atoms with Crippen LogP contribution in [0.25, 0.3) is 11.0 Å². The monoisotopic (exact) mass is 396 g/mol. The average Bonchev–Trinajstić information content (AvgIpc) is 2.97. The van der Waals surface area contributed by atoms with Crippen LogP contribution >= 0.6 is 0 Å². The molecule has 5 nitrogen and oxygen atoms in total. The van der Waals surface area contributed by atoms with Gasteiger partial charge in [-0.1, -0.05) is 12.1 Å². The highest BCUT2D eigenvalue weighted by atomic mass is 19.1. The third-order valence-electron chi connectivity index (χ3n) is 5.47. The summed E-state index contributed by atoms with van der Waals surface area (Å²) < 4.78 is 23.9. The van der Waals surface area contributed by atoms with E-state index in [1.807, 2.05) is 35.2 Å². The largest absolute Gasteiger partial charge is 0.497 e. The summed E-state index contributed by atoms with van der Waals surface area (Å²) in [4.78, 5) is 17.1. The molecular weight excluding hydrogens is 371 g/mol. The number of halogens is 1. The number of carbonyl (C=O) groups excluding carboxylic acids is 1. The minimum Gasteiger partial charge on any atom is -0.497 e. The second-order valence-corrected chi connectivity index (χ2v) is 7.44. The number of methoxy groups -OCH3 is 1. The normalized spacial score (nSPS) is 15.4. The van der Waals surface area contributed by atoms with Crippen molar-refractivity contribution in [1.29, 1.82) is 0 Å². The van der Waals surface area contributed by atoms with Gasteiger partial charge in [-0.25, -0.2) is 4.39 Å². The first-order chi connectivity index (χ1) is 14.1. The van der Waals surface area contributed by atoms with Gasteiger partial charge in [-0.2, -0.15) is 0 Å². The van der Waals surface area contributed by atoms with Crippen LogP contribution in [0.3, 0.4) is 0 Å². The molecule has 0 atom stereocenters. The fourth-order valence-corrected chi connectivity index (χ4v) is 3.83. The molecule has 6 heteroatoms. The van der Waals surface area contributed by atoms with Crippen molar-refractivity contribution in [3.63, 3.8) is 0 Å². The molecule has 2 aromatic carbocycles. The van der Waals surface area contributed by atoms with E-state index in [1.165, 1.54) is 12.1 Å². The molecule has 2 heterocycles. The zero-order chi connectivity index (χ0) is 20.2. The van der Waals surface area contributed by atoms with Crippen molar-refractivity contribution in [1.82, 2.24) is 9.80 Å². The number of benzene rings is 2. The van der Waals surface area contributed by atoms with E-state index < -0.39 is 0 Å². The van der Waals surface area contributed by atoms with Crippen LogP contribution in [0.2, 0.25) is 0 Å². The standard InChI is InChI=1S/C23H25FN2O3/c1-28-20-7-8-21-18(16-29-22(21)14-20)13-23(27)26-10-2-9-25(11-12-26)15-17-3-5-19(24)6-4-17/h3-8,14,16H,2,9-13,15H2,1H3. The van der Waals surface area contributed by atoms with E-state index in [4.69, 9.17) is 9.15 Å². The van der Waals surface area contributed by atoms with E-state index >= 15 is 0 Å². The molecule has 1 aromatic heterocycles. The molecular formula is C23H25FN2O3. The first kappa shape index (κ1) is 19.5. The smallest absolute Gasteiger partial charge is 0.227 e. The lowest BCUT2D eigenvalue weighted by molar-refractivity contribution is -0.130. The molecule has 0 saturated carbocycles. The summed E-state index contributed by atoms with van der Waals surface area (Å²) >= 11 is 0. The van der Waals surface area contributed by atoms with Crippen LogP contribution in [-0.2, 0) is 17.8 Å². The van der Waals surface area contributed by atoms with E-state index in [2.05, 4.69) is 4.90 Å². The molecule has 152 valence electrons. The molecule has 1 amide bonds. The van der Waals surface area contributed by atoms with Crippen molar-refractivity contribution in [2.24, 2.45) is 0 Å². The molecule has 0 N–H and O–H groups in total. The van der Waals surface area contributed by atoms with Gasteiger partial charge in [0.05, 0.1) is 19.8 Å². The maximum Gasteiger partial charge on any atom is 0.227 e. The Morgan fingerprint density at radius 3 is 2.72 bits per heavy atom. The SMILES string of the molecule is COc1ccc2c(CC(=O)N3CCCN(Cc4ccc(F)cc4)CC3)coc2c1. The Hall–Kier alpha value is -2.86. The van der Waals surface area contributed by atoms with Gasteiger partial charge in [-0.3, -0.25) is 9.69 Å². The Morgan fingerprint density at radius 2 is 1.93 bits per heavy atom. The average molecular weight is 396 g/mol. The molecule has 1 saturated heterocycles. The van der Waals surface area contributed by atoms with Crippen molar-refractivity contribution < 1.29 is 18.3 Å². The van der Waals surface area contributed by atoms with Gasteiger partial charge in [0.15, 0.2) is 0 Å². The minimum atomic E-state index is -0.216. The van der Waals surface area contributed by atoms with Crippen LogP contribution in [0.1, 0.15) is 17.5 Å². The van der Waals surface area contributed by atoms with Gasteiger partial charge < -0.3 is 14.1 Å². The van der Waals surface area contributed by atoms with Crippen LogP contribution < -0.4 is 4.74 Å². The highest BCUT2D eigenvalue weighted by Crippen LogP contribution is 2.26. The fraction of sp³-hybridized carbons (Fsp3) is 0.348. The lowest BCUT2D eigenvalue weighted by Gasteiger charge is -2.22. The van der Waals surface area contributed by atoms with Gasteiger partial charge in [0.1, 0.15) is 17.1 Å². The van der Waals surface area contributed by atoms with Crippen LogP contribution in [0.15, 0.2) is 53.1 Å². The molecule has 0 unspecified atom stereocenters. The molecule has 3 aromatic rings. The number of fused-ring (bicyclic) bond motifs is 1. The van der Waals surface area contributed by atoms with E-state index in [9.17, 15) is 9.18 Å². The summed E-state index contributed by atoms with van der Waals surface area (Å²) in [6.07, 6.45) is 2.92. The Morgan fingerprint density at radius 1 is 1.10 bits per heavy atom.